The molecule has 1 aliphatic rings. The van der Waals surface area contributed by atoms with Crippen molar-refractivity contribution in [3.8, 4) is 5.75 Å². The molecule has 0 aliphatic carbocycles. The van der Waals surface area contributed by atoms with Gasteiger partial charge in [0.2, 0.25) is 0 Å². The Morgan fingerprint density at radius 2 is 1.72 bits per heavy atom. The predicted octanol–water partition coefficient (Wildman–Crippen LogP) is 3.73. The molecule has 0 bridgehead atoms. The number of carbonyl (C=O) groups excluding carboxylic acids is 1. The van der Waals surface area contributed by atoms with Crippen molar-refractivity contribution >= 4 is 17.9 Å². The molecule has 1 saturated heterocycles. The minimum Gasteiger partial charge on any atom is -0.490 e. The van der Waals surface area contributed by atoms with Crippen molar-refractivity contribution in [3.63, 3.8) is 0 Å². The van der Waals surface area contributed by atoms with Gasteiger partial charge in [-0.1, -0.05) is 13.8 Å². The van der Waals surface area contributed by atoms with Crippen LogP contribution in [0.1, 0.15) is 26.7 Å². The number of amides is 1. The number of rotatable bonds is 8. The quantitative estimate of drug-likeness (QED) is 0.518. The smallest absolute Gasteiger partial charge is 0.409 e. The molecule has 0 aromatic heterocycles. The van der Waals surface area contributed by atoms with Crippen molar-refractivity contribution in [2.24, 2.45) is 0 Å². The van der Waals surface area contributed by atoms with Gasteiger partial charge in [0.15, 0.2) is 0 Å². The molecule has 25 heavy (non-hydrogen) atoms. The van der Waals surface area contributed by atoms with Crippen molar-refractivity contribution in [1.82, 2.24) is 9.80 Å². The van der Waals surface area contributed by atoms with Crippen LogP contribution in [0.25, 0.3) is 0 Å². The summed E-state index contributed by atoms with van der Waals surface area (Å²) < 4.78 is 10.9. The van der Waals surface area contributed by atoms with Crippen molar-refractivity contribution in [3.05, 3.63) is 24.3 Å². The van der Waals surface area contributed by atoms with Gasteiger partial charge in [0.1, 0.15) is 19.0 Å². The summed E-state index contributed by atoms with van der Waals surface area (Å²) in [5, 5.41) is 0. The third-order valence-corrected chi connectivity index (χ3v) is 5.41. The van der Waals surface area contributed by atoms with E-state index < -0.39 is 0 Å². The van der Waals surface area contributed by atoms with Crippen LogP contribution in [0.2, 0.25) is 0 Å². The lowest BCUT2D eigenvalue weighted by Gasteiger charge is -2.38. The molecule has 1 heterocycles. The van der Waals surface area contributed by atoms with Crippen LogP contribution < -0.4 is 4.74 Å². The monoisotopic (exact) mass is 366 g/mol. The minimum absolute atomic E-state index is 0.231. The van der Waals surface area contributed by atoms with Gasteiger partial charge in [-0.2, -0.15) is 0 Å². The van der Waals surface area contributed by atoms with Crippen LogP contribution in [-0.4, -0.2) is 67.6 Å². The average molecular weight is 367 g/mol. The molecule has 1 aliphatic heterocycles. The van der Waals surface area contributed by atoms with Crippen LogP contribution in [0, 0.1) is 0 Å². The van der Waals surface area contributed by atoms with Gasteiger partial charge in [-0.15, -0.1) is 11.8 Å². The second kappa shape index (κ2) is 10.6. The van der Waals surface area contributed by atoms with Crippen molar-refractivity contribution < 1.29 is 14.3 Å². The topological polar surface area (TPSA) is 42.0 Å². The van der Waals surface area contributed by atoms with Gasteiger partial charge in [0.05, 0.1) is 0 Å². The van der Waals surface area contributed by atoms with Crippen molar-refractivity contribution in [2.45, 2.75) is 37.6 Å². The Hall–Kier alpha value is -1.40. The summed E-state index contributed by atoms with van der Waals surface area (Å²) in [6.07, 6.45) is 4.14. The van der Waals surface area contributed by atoms with E-state index in [1.54, 1.807) is 16.7 Å². The van der Waals surface area contributed by atoms with Crippen LogP contribution in [0.4, 0.5) is 4.79 Å². The fourth-order valence-corrected chi connectivity index (χ4v) is 3.53. The second-order valence-electron chi connectivity index (χ2n) is 6.13. The molecular formula is C19H30N2O3S. The highest BCUT2D eigenvalue weighted by Gasteiger charge is 2.25. The fraction of sp³-hybridized carbons (Fsp3) is 0.632. The molecule has 0 saturated carbocycles. The van der Waals surface area contributed by atoms with Gasteiger partial charge < -0.3 is 14.4 Å². The summed E-state index contributed by atoms with van der Waals surface area (Å²) >= 11 is 1.70. The number of carbonyl (C=O) groups is 1. The number of ether oxygens (including phenoxy) is 2. The standard InChI is InChI=1S/C19H30N2O3S/c1-4-16(5-2)20-10-12-21(13-11-20)19(22)24-15-14-23-17-6-8-18(25-3)9-7-17/h6-9,16H,4-5,10-15H2,1-3H3. The van der Waals surface area contributed by atoms with Crippen LogP contribution in [-0.2, 0) is 4.74 Å². The summed E-state index contributed by atoms with van der Waals surface area (Å²) in [6.45, 7) is 8.44. The Morgan fingerprint density at radius 1 is 1.08 bits per heavy atom. The van der Waals surface area contributed by atoms with Crippen molar-refractivity contribution in [1.29, 1.82) is 0 Å². The number of benzene rings is 1. The Morgan fingerprint density at radius 3 is 2.28 bits per heavy atom. The van der Waals surface area contributed by atoms with Crippen LogP contribution in [0.5, 0.6) is 5.75 Å². The molecule has 1 fully saturated rings. The van der Waals surface area contributed by atoms with E-state index in [2.05, 4.69) is 18.7 Å². The maximum absolute atomic E-state index is 12.1. The van der Waals surface area contributed by atoms with E-state index in [1.165, 1.54) is 4.90 Å². The summed E-state index contributed by atoms with van der Waals surface area (Å²) in [5.41, 5.74) is 0. The zero-order valence-corrected chi connectivity index (χ0v) is 16.4. The first-order valence-electron chi connectivity index (χ1n) is 9.10. The Bertz CT molecular complexity index is 512. The zero-order chi connectivity index (χ0) is 18.1. The van der Waals surface area contributed by atoms with Crippen LogP contribution in [0.15, 0.2) is 29.2 Å². The van der Waals surface area contributed by atoms with E-state index in [0.29, 0.717) is 12.6 Å². The summed E-state index contributed by atoms with van der Waals surface area (Å²) in [4.78, 5) is 17.6. The molecule has 0 radical (unpaired) electrons. The number of nitrogens with zero attached hydrogens (tertiary/aromatic N) is 2. The first-order valence-corrected chi connectivity index (χ1v) is 10.3. The third kappa shape index (κ3) is 6.12. The molecule has 1 aromatic rings. The van der Waals surface area contributed by atoms with Gasteiger partial charge in [0.25, 0.3) is 0 Å². The summed E-state index contributed by atoms with van der Waals surface area (Å²) in [7, 11) is 0. The SMILES string of the molecule is CCC(CC)N1CCN(C(=O)OCCOc2ccc(SC)cc2)CC1. The zero-order valence-electron chi connectivity index (χ0n) is 15.6. The lowest BCUT2D eigenvalue weighted by atomic mass is 10.1. The largest absolute Gasteiger partial charge is 0.490 e. The van der Waals surface area contributed by atoms with Crippen molar-refractivity contribution in [2.75, 3.05) is 45.6 Å². The Kier molecular flexibility index (Phi) is 8.41. The molecule has 2 rings (SSSR count). The first-order chi connectivity index (χ1) is 12.2. The first kappa shape index (κ1) is 19.9. The van der Waals surface area contributed by atoms with E-state index in [9.17, 15) is 4.79 Å². The molecule has 6 heteroatoms. The number of thioether (sulfide) groups is 1. The number of piperazine rings is 1. The Labute approximate surface area is 155 Å². The van der Waals surface area contributed by atoms with Crippen LogP contribution >= 0.6 is 11.8 Å². The molecule has 1 amide bonds. The lowest BCUT2D eigenvalue weighted by molar-refractivity contribution is 0.0553. The van der Waals surface area contributed by atoms with Gasteiger partial charge >= 0.3 is 6.09 Å². The molecule has 140 valence electrons. The van der Waals surface area contributed by atoms with Gasteiger partial charge in [-0.05, 0) is 43.4 Å². The van der Waals surface area contributed by atoms with Crippen LogP contribution in [0.3, 0.4) is 0 Å². The van der Waals surface area contributed by atoms with Gasteiger partial charge in [-0.3, -0.25) is 4.90 Å². The molecule has 1 aromatic carbocycles. The highest BCUT2D eigenvalue weighted by molar-refractivity contribution is 7.98. The summed E-state index contributed by atoms with van der Waals surface area (Å²) in [6, 6.07) is 8.54. The molecule has 0 spiro atoms. The normalized spacial score (nSPS) is 15.4. The van der Waals surface area contributed by atoms with E-state index in [1.807, 2.05) is 30.5 Å². The minimum atomic E-state index is -0.231. The maximum Gasteiger partial charge on any atom is 0.409 e. The third-order valence-electron chi connectivity index (χ3n) is 4.67. The van der Waals surface area contributed by atoms with E-state index >= 15 is 0 Å². The van der Waals surface area contributed by atoms with Gasteiger partial charge in [0, 0.05) is 37.1 Å². The highest BCUT2D eigenvalue weighted by atomic mass is 32.2. The molecule has 5 nitrogen and oxygen atoms in total. The molecule has 0 atom stereocenters. The van der Waals surface area contributed by atoms with E-state index in [-0.39, 0.29) is 12.7 Å². The molecule has 0 unspecified atom stereocenters. The second-order valence-corrected chi connectivity index (χ2v) is 7.01. The fourth-order valence-electron chi connectivity index (χ4n) is 3.13. The predicted molar refractivity (Wildman–Crippen MR) is 103 cm³/mol. The number of hydrogen-bond acceptors (Lipinski definition) is 5. The maximum atomic E-state index is 12.1. The molecular weight excluding hydrogens is 336 g/mol. The van der Waals surface area contributed by atoms with Gasteiger partial charge in [-0.25, -0.2) is 4.79 Å². The summed E-state index contributed by atoms with van der Waals surface area (Å²) in [5.74, 6) is 0.799. The highest BCUT2D eigenvalue weighted by Crippen LogP contribution is 2.19. The Balaban J connectivity index is 1.64. The lowest BCUT2D eigenvalue weighted by Crippen LogP contribution is -2.52. The van der Waals surface area contributed by atoms with E-state index in [4.69, 9.17) is 9.47 Å². The van der Waals surface area contributed by atoms with E-state index in [0.717, 1.165) is 44.8 Å². The number of hydrogen-bond donors (Lipinski definition) is 0. The average Bonchev–Trinajstić information content (AvgIpc) is 2.67. The molecule has 0 N–H and O–H groups in total.